The fourth-order valence-corrected chi connectivity index (χ4v) is 2.08. The molecule has 1 N–H and O–H groups in total. The van der Waals surface area contributed by atoms with Crippen LogP contribution in [0.5, 0.6) is 0 Å². The van der Waals surface area contributed by atoms with Crippen molar-refractivity contribution in [1.82, 2.24) is 10.2 Å². The van der Waals surface area contributed by atoms with E-state index >= 15 is 0 Å². The van der Waals surface area contributed by atoms with E-state index in [0.29, 0.717) is 4.90 Å². The van der Waals surface area contributed by atoms with Gasteiger partial charge in [-0.15, -0.1) is 0 Å². The van der Waals surface area contributed by atoms with Gasteiger partial charge in [0, 0.05) is 7.05 Å². The third kappa shape index (κ3) is 1.55. The van der Waals surface area contributed by atoms with E-state index in [-0.39, 0.29) is 5.56 Å². The maximum atomic E-state index is 13.3. The minimum absolute atomic E-state index is 0.0633. The highest BCUT2D eigenvalue weighted by Crippen LogP contribution is 2.44. The van der Waals surface area contributed by atoms with Crippen molar-refractivity contribution in [2.75, 3.05) is 13.6 Å². The van der Waals surface area contributed by atoms with Crippen LogP contribution in [0.4, 0.5) is 18.0 Å². The molecule has 2 rings (SSSR count). The third-order valence-electron chi connectivity index (χ3n) is 3.09. The molecule has 1 aliphatic rings. The molecule has 6 heteroatoms. The number of rotatable bonds is 1. The van der Waals surface area contributed by atoms with Crippen molar-refractivity contribution >= 4 is 6.03 Å². The first kappa shape index (κ1) is 11.8. The number of nitrogens with one attached hydrogen (secondary N) is 1. The standard InChI is InChI=1S/C11H11F3N2O/c1-16-9(17)15-7-10(16,11(12,13)14)8-5-3-2-4-6-8/h2-6H,7H2,1H3,(H,15,17). The van der Waals surface area contributed by atoms with Crippen LogP contribution < -0.4 is 5.32 Å². The topological polar surface area (TPSA) is 32.3 Å². The van der Waals surface area contributed by atoms with Crippen LogP contribution in [0, 0.1) is 0 Å². The summed E-state index contributed by atoms with van der Waals surface area (Å²) >= 11 is 0. The van der Waals surface area contributed by atoms with E-state index in [1.165, 1.54) is 24.3 Å². The lowest BCUT2D eigenvalue weighted by Crippen LogP contribution is -2.53. The molecule has 2 amide bonds. The molecule has 3 nitrogen and oxygen atoms in total. The molecule has 1 fully saturated rings. The molecule has 92 valence electrons. The molecule has 1 heterocycles. The minimum Gasteiger partial charge on any atom is -0.335 e. The molecule has 1 atom stereocenters. The Labute approximate surface area is 96.2 Å². The highest BCUT2D eigenvalue weighted by Gasteiger charge is 2.63. The lowest BCUT2D eigenvalue weighted by atomic mass is 9.89. The van der Waals surface area contributed by atoms with Gasteiger partial charge >= 0.3 is 12.2 Å². The Balaban J connectivity index is 2.58. The molecular weight excluding hydrogens is 233 g/mol. The molecular formula is C11H11F3N2O. The molecule has 1 aromatic carbocycles. The Bertz CT molecular complexity index is 432. The number of urea groups is 1. The van der Waals surface area contributed by atoms with Gasteiger partial charge in [0.2, 0.25) is 0 Å². The summed E-state index contributed by atoms with van der Waals surface area (Å²) in [5.41, 5.74) is -2.21. The van der Waals surface area contributed by atoms with Crippen LogP contribution in [0.1, 0.15) is 5.56 Å². The average molecular weight is 244 g/mol. The first-order valence-corrected chi connectivity index (χ1v) is 5.03. The summed E-state index contributed by atoms with van der Waals surface area (Å²) in [5.74, 6) is 0. The number of hydrogen-bond acceptors (Lipinski definition) is 1. The van der Waals surface area contributed by atoms with Crippen LogP contribution in [0.25, 0.3) is 0 Å². The molecule has 0 aliphatic carbocycles. The fourth-order valence-electron chi connectivity index (χ4n) is 2.08. The number of halogens is 3. The molecule has 1 aliphatic heterocycles. The van der Waals surface area contributed by atoms with Crippen LogP contribution in [-0.4, -0.2) is 30.7 Å². The minimum atomic E-state index is -4.53. The smallest absolute Gasteiger partial charge is 0.335 e. The quantitative estimate of drug-likeness (QED) is 0.806. The van der Waals surface area contributed by atoms with Crippen molar-refractivity contribution in [2.45, 2.75) is 11.7 Å². The van der Waals surface area contributed by atoms with E-state index in [9.17, 15) is 18.0 Å². The Morgan fingerprint density at radius 1 is 1.29 bits per heavy atom. The fraction of sp³-hybridized carbons (Fsp3) is 0.364. The molecule has 17 heavy (non-hydrogen) atoms. The van der Waals surface area contributed by atoms with E-state index in [0.717, 1.165) is 7.05 Å². The van der Waals surface area contributed by atoms with E-state index in [1.807, 2.05) is 0 Å². The van der Waals surface area contributed by atoms with Crippen LogP contribution in [0.2, 0.25) is 0 Å². The van der Waals surface area contributed by atoms with Gasteiger partial charge in [-0.05, 0) is 5.56 Å². The molecule has 0 spiro atoms. The van der Waals surface area contributed by atoms with Crippen molar-refractivity contribution in [3.05, 3.63) is 35.9 Å². The first-order chi connectivity index (χ1) is 7.89. The molecule has 1 aromatic rings. The van der Waals surface area contributed by atoms with Gasteiger partial charge in [-0.2, -0.15) is 13.2 Å². The Hall–Kier alpha value is -1.72. The zero-order valence-electron chi connectivity index (χ0n) is 9.08. The van der Waals surface area contributed by atoms with E-state index < -0.39 is 24.3 Å². The van der Waals surface area contributed by atoms with Crippen LogP contribution >= 0.6 is 0 Å². The van der Waals surface area contributed by atoms with Gasteiger partial charge in [0.1, 0.15) is 0 Å². The zero-order valence-corrected chi connectivity index (χ0v) is 9.08. The third-order valence-corrected chi connectivity index (χ3v) is 3.09. The van der Waals surface area contributed by atoms with Crippen molar-refractivity contribution in [2.24, 2.45) is 0 Å². The van der Waals surface area contributed by atoms with E-state index in [1.54, 1.807) is 6.07 Å². The summed E-state index contributed by atoms with van der Waals surface area (Å²) in [5, 5.41) is 2.23. The van der Waals surface area contributed by atoms with Crippen molar-refractivity contribution in [3.63, 3.8) is 0 Å². The van der Waals surface area contributed by atoms with E-state index in [4.69, 9.17) is 0 Å². The number of hydrogen-bond donors (Lipinski definition) is 1. The predicted octanol–water partition coefficient (Wildman–Crippen LogP) is 2.10. The van der Waals surface area contributed by atoms with Gasteiger partial charge in [0.05, 0.1) is 6.54 Å². The zero-order chi connectivity index (χ0) is 12.7. The van der Waals surface area contributed by atoms with Gasteiger partial charge in [-0.3, -0.25) is 0 Å². The SMILES string of the molecule is CN1C(=O)NCC1(c1ccccc1)C(F)(F)F. The number of likely N-dealkylation sites (N-methyl/N-ethyl adjacent to an activating group) is 1. The number of amides is 2. The monoisotopic (exact) mass is 244 g/mol. The molecule has 1 unspecified atom stereocenters. The van der Waals surface area contributed by atoms with Gasteiger partial charge < -0.3 is 10.2 Å². The number of benzene rings is 1. The largest absolute Gasteiger partial charge is 0.417 e. The number of alkyl halides is 3. The van der Waals surface area contributed by atoms with Crippen LogP contribution in [0.3, 0.4) is 0 Å². The molecule has 0 bridgehead atoms. The Morgan fingerprint density at radius 2 is 1.88 bits per heavy atom. The summed E-state index contributed by atoms with van der Waals surface area (Å²) < 4.78 is 39.9. The highest BCUT2D eigenvalue weighted by atomic mass is 19.4. The highest BCUT2D eigenvalue weighted by molar-refractivity contribution is 5.78. The number of nitrogens with zero attached hydrogens (tertiary/aromatic N) is 1. The maximum Gasteiger partial charge on any atom is 0.417 e. The predicted molar refractivity (Wildman–Crippen MR) is 55.3 cm³/mol. The molecule has 0 aromatic heterocycles. The second-order valence-corrected chi connectivity index (χ2v) is 3.94. The maximum absolute atomic E-state index is 13.3. The van der Waals surface area contributed by atoms with Gasteiger partial charge in [0.15, 0.2) is 5.54 Å². The Morgan fingerprint density at radius 3 is 2.29 bits per heavy atom. The lowest BCUT2D eigenvalue weighted by molar-refractivity contribution is -0.215. The second kappa shape index (κ2) is 3.65. The van der Waals surface area contributed by atoms with E-state index in [2.05, 4.69) is 5.32 Å². The van der Waals surface area contributed by atoms with Gasteiger partial charge in [0.25, 0.3) is 0 Å². The molecule has 0 saturated carbocycles. The normalized spacial score (nSPS) is 24.9. The van der Waals surface area contributed by atoms with Gasteiger partial charge in [-0.25, -0.2) is 4.79 Å². The number of carbonyl (C=O) groups is 1. The van der Waals surface area contributed by atoms with Crippen molar-refractivity contribution in [1.29, 1.82) is 0 Å². The molecule has 1 saturated heterocycles. The lowest BCUT2D eigenvalue weighted by Gasteiger charge is -2.36. The number of carbonyl (C=O) groups excluding carboxylic acids is 1. The Kier molecular flexibility index (Phi) is 2.52. The summed E-state index contributed by atoms with van der Waals surface area (Å²) in [7, 11) is 1.16. The first-order valence-electron chi connectivity index (χ1n) is 5.03. The second-order valence-electron chi connectivity index (χ2n) is 3.94. The molecule has 0 radical (unpaired) electrons. The summed E-state index contributed by atoms with van der Waals surface area (Å²) in [6.45, 7) is -0.462. The van der Waals surface area contributed by atoms with Crippen LogP contribution in [0.15, 0.2) is 30.3 Å². The van der Waals surface area contributed by atoms with Crippen molar-refractivity contribution in [3.8, 4) is 0 Å². The summed E-state index contributed by atoms with van der Waals surface area (Å²) in [6, 6.07) is 6.73. The average Bonchev–Trinajstić information content (AvgIpc) is 2.58. The summed E-state index contributed by atoms with van der Waals surface area (Å²) in [6.07, 6.45) is -4.53. The summed E-state index contributed by atoms with van der Waals surface area (Å²) in [4.78, 5) is 12.0. The van der Waals surface area contributed by atoms with Gasteiger partial charge in [-0.1, -0.05) is 30.3 Å². The van der Waals surface area contributed by atoms with Crippen LogP contribution in [-0.2, 0) is 5.54 Å². The van der Waals surface area contributed by atoms with Crippen molar-refractivity contribution < 1.29 is 18.0 Å².